The van der Waals surface area contributed by atoms with Gasteiger partial charge in [0.1, 0.15) is 11.9 Å². The predicted octanol–water partition coefficient (Wildman–Crippen LogP) is 1.24. The lowest BCUT2D eigenvalue weighted by Gasteiger charge is -1.98. The van der Waals surface area contributed by atoms with E-state index < -0.39 is 0 Å². The molecule has 0 aliphatic carbocycles. The molecule has 1 aromatic rings. The molecule has 0 radical (unpaired) electrons. The molecule has 1 aliphatic heterocycles. The Bertz CT molecular complexity index is 214. The zero-order valence-corrected chi connectivity index (χ0v) is 6.86. The van der Waals surface area contributed by atoms with Gasteiger partial charge in [0.15, 0.2) is 0 Å². The lowest BCUT2D eigenvalue weighted by molar-refractivity contribution is 0.116. The maximum Gasteiger partial charge on any atom is 0.106 e. The zero-order valence-electron chi connectivity index (χ0n) is 6.86. The van der Waals surface area contributed by atoms with Gasteiger partial charge >= 0.3 is 0 Å². The fourth-order valence-corrected chi connectivity index (χ4v) is 1.01. The van der Waals surface area contributed by atoms with E-state index in [1.807, 2.05) is 12.1 Å². The third-order valence-corrected chi connectivity index (χ3v) is 1.78. The SMILES string of the molecule is c1coc(CCOCC2CO2)c1. The first-order valence-electron chi connectivity index (χ1n) is 4.17. The molecule has 66 valence electrons. The monoisotopic (exact) mass is 168 g/mol. The molecule has 1 fully saturated rings. The molecule has 0 bridgehead atoms. The van der Waals surface area contributed by atoms with Crippen LogP contribution in [0.15, 0.2) is 22.8 Å². The van der Waals surface area contributed by atoms with E-state index in [1.165, 1.54) is 0 Å². The molecular weight excluding hydrogens is 156 g/mol. The molecule has 0 spiro atoms. The van der Waals surface area contributed by atoms with Crippen LogP contribution in [0.2, 0.25) is 0 Å². The molecule has 0 aromatic carbocycles. The normalized spacial score (nSPS) is 21.2. The Morgan fingerprint density at radius 1 is 1.58 bits per heavy atom. The predicted molar refractivity (Wildman–Crippen MR) is 43.0 cm³/mol. The van der Waals surface area contributed by atoms with Crippen molar-refractivity contribution in [2.24, 2.45) is 0 Å². The van der Waals surface area contributed by atoms with Crippen molar-refractivity contribution >= 4 is 0 Å². The van der Waals surface area contributed by atoms with Crippen molar-refractivity contribution in [3.63, 3.8) is 0 Å². The highest BCUT2D eigenvalue weighted by atomic mass is 16.6. The van der Waals surface area contributed by atoms with Crippen molar-refractivity contribution in [2.75, 3.05) is 19.8 Å². The molecule has 2 heterocycles. The van der Waals surface area contributed by atoms with Gasteiger partial charge in [-0.3, -0.25) is 0 Å². The molecule has 3 nitrogen and oxygen atoms in total. The van der Waals surface area contributed by atoms with Crippen LogP contribution < -0.4 is 0 Å². The van der Waals surface area contributed by atoms with Gasteiger partial charge in [-0.25, -0.2) is 0 Å². The van der Waals surface area contributed by atoms with Crippen LogP contribution in [0, 0.1) is 0 Å². The summed E-state index contributed by atoms with van der Waals surface area (Å²) in [7, 11) is 0. The largest absolute Gasteiger partial charge is 0.469 e. The quantitative estimate of drug-likeness (QED) is 0.490. The van der Waals surface area contributed by atoms with Crippen LogP contribution in [0.25, 0.3) is 0 Å². The van der Waals surface area contributed by atoms with Crippen LogP contribution in [-0.4, -0.2) is 25.9 Å². The third-order valence-electron chi connectivity index (χ3n) is 1.78. The fraction of sp³-hybridized carbons (Fsp3) is 0.556. The van der Waals surface area contributed by atoms with E-state index in [0.29, 0.717) is 12.7 Å². The first-order valence-corrected chi connectivity index (χ1v) is 4.17. The van der Waals surface area contributed by atoms with Crippen LogP contribution in [0.4, 0.5) is 0 Å². The molecule has 1 saturated heterocycles. The summed E-state index contributed by atoms with van der Waals surface area (Å²) in [5, 5.41) is 0. The van der Waals surface area contributed by atoms with Crippen molar-refractivity contribution < 1.29 is 13.9 Å². The van der Waals surface area contributed by atoms with Gasteiger partial charge in [0.25, 0.3) is 0 Å². The Labute approximate surface area is 71.3 Å². The molecule has 1 aromatic heterocycles. The second-order valence-corrected chi connectivity index (χ2v) is 2.86. The third kappa shape index (κ3) is 2.36. The number of hydrogen-bond donors (Lipinski definition) is 0. The molecule has 1 unspecified atom stereocenters. The smallest absolute Gasteiger partial charge is 0.106 e. The Balaban J connectivity index is 1.56. The first-order chi connectivity index (χ1) is 5.95. The average Bonchev–Trinajstić information content (AvgIpc) is 2.76. The van der Waals surface area contributed by atoms with E-state index in [-0.39, 0.29) is 0 Å². The van der Waals surface area contributed by atoms with Gasteiger partial charge in [-0.15, -0.1) is 0 Å². The van der Waals surface area contributed by atoms with Crippen molar-refractivity contribution in [1.29, 1.82) is 0 Å². The van der Waals surface area contributed by atoms with Crippen molar-refractivity contribution in [2.45, 2.75) is 12.5 Å². The summed E-state index contributed by atoms with van der Waals surface area (Å²) in [5.74, 6) is 0.978. The molecule has 0 N–H and O–H groups in total. The highest BCUT2D eigenvalue weighted by Gasteiger charge is 2.21. The fourth-order valence-electron chi connectivity index (χ4n) is 1.01. The van der Waals surface area contributed by atoms with Gasteiger partial charge in [-0.2, -0.15) is 0 Å². The maximum atomic E-state index is 5.35. The topological polar surface area (TPSA) is 34.9 Å². The number of rotatable bonds is 5. The van der Waals surface area contributed by atoms with Crippen molar-refractivity contribution in [1.82, 2.24) is 0 Å². The molecule has 3 heteroatoms. The van der Waals surface area contributed by atoms with E-state index in [9.17, 15) is 0 Å². The number of ether oxygens (including phenoxy) is 2. The molecule has 12 heavy (non-hydrogen) atoms. The highest BCUT2D eigenvalue weighted by Crippen LogP contribution is 2.09. The summed E-state index contributed by atoms with van der Waals surface area (Å²) in [4.78, 5) is 0. The van der Waals surface area contributed by atoms with E-state index in [4.69, 9.17) is 13.9 Å². The van der Waals surface area contributed by atoms with Gasteiger partial charge in [-0.05, 0) is 12.1 Å². The second kappa shape index (κ2) is 3.74. The maximum absolute atomic E-state index is 5.35. The van der Waals surface area contributed by atoms with Crippen LogP contribution in [-0.2, 0) is 15.9 Å². The lowest BCUT2D eigenvalue weighted by Crippen LogP contribution is -2.04. The van der Waals surface area contributed by atoms with Gasteiger partial charge < -0.3 is 13.9 Å². The van der Waals surface area contributed by atoms with E-state index in [1.54, 1.807) is 6.26 Å². The van der Waals surface area contributed by atoms with Gasteiger partial charge in [0, 0.05) is 6.42 Å². The summed E-state index contributed by atoms with van der Waals surface area (Å²) >= 11 is 0. The Kier molecular flexibility index (Phi) is 2.44. The molecule has 1 aliphatic rings. The Morgan fingerprint density at radius 2 is 2.50 bits per heavy atom. The second-order valence-electron chi connectivity index (χ2n) is 2.86. The minimum Gasteiger partial charge on any atom is -0.469 e. The summed E-state index contributed by atoms with van der Waals surface area (Å²) in [5.41, 5.74) is 0. The minimum atomic E-state index is 0.363. The first kappa shape index (κ1) is 7.83. The average molecular weight is 168 g/mol. The number of epoxide rings is 1. The van der Waals surface area contributed by atoms with Gasteiger partial charge in [0.05, 0.1) is 26.1 Å². The van der Waals surface area contributed by atoms with Crippen LogP contribution in [0.1, 0.15) is 5.76 Å². The summed E-state index contributed by atoms with van der Waals surface area (Å²) in [6.07, 6.45) is 2.89. The number of hydrogen-bond acceptors (Lipinski definition) is 3. The van der Waals surface area contributed by atoms with Crippen LogP contribution in [0.5, 0.6) is 0 Å². The molecule has 1 atom stereocenters. The summed E-state index contributed by atoms with van der Waals surface area (Å²) < 4.78 is 15.5. The van der Waals surface area contributed by atoms with E-state index in [2.05, 4.69) is 0 Å². The molecule has 0 saturated carbocycles. The standard InChI is InChI=1S/C9H12O3/c1-2-8(11-4-1)3-5-10-6-9-7-12-9/h1-2,4,9H,3,5-7H2. The highest BCUT2D eigenvalue weighted by molar-refractivity contribution is 4.97. The van der Waals surface area contributed by atoms with Gasteiger partial charge in [0.2, 0.25) is 0 Å². The Morgan fingerprint density at radius 3 is 3.17 bits per heavy atom. The van der Waals surface area contributed by atoms with Crippen molar-refractivity contribution in [3.05, 3.63) is 24.2 Å². The summed E-state index contributed by atoms with van der Waals surface area (Å²) in [6, 6.07) is 3.84. The molecule has 0 amide bonds. The van der Waals surface area contributed by atoms with Gasteiger partial charge in [-0.1, -0.05) is 0 Å². The summed E-state index contributed by atoms with van der Waals surface area (Å²) in [6.45, 7) is 2.30. The molecule has 2 rings (SSSR count). The van der Waals surface area contributed by atoms with Crippen LogP contribution in [0.3, 0.4) is 0 Å². The lowest BCUT2D eigenvalue weighted by atomic mass is 10.3. The van der Waals surface area contributed by atoms with E-state index in [0.717, 1.165) is 25.4 Å². The molecular formula is C9H12O3. The Hall–Kier alpha value is -0.800. The zero-order chi connectivity index (χ0) is 8.23. The number of furan rings is 1. The van der Waals surface area contributed by atoms with E-state index >= 15 is 0 Å². The van der Waals surface area contributed by atoms with Crippen molar-refractivity contribution in [3.8, 4) is 0 Å². The van der Waals surface area contributed by atoms with Crippen LogP contribution >= 0.6 is 0 Å². The minimum absolute atomic E-state index is 0.363.